The van der Waals surface area contributed by atoms with Crippen molar-refractivity contribution < 1.29 is 29.0 Å². The van der Waals surface area contributed by atoms with Crippen LogP contribution in [0.3, 0.4) is 0 Å². The van der Waals surface area contributed by atoms with Crippen molar-refractivity contribution in [1.29, 1.82) is 0 Å². The van der Waals surface area contributed by atoms with Crippen LogP contribution in [-0.4, -0.2) is 119 Å². The first-order chi connectivity index (χ1) is 17.3. The molecule has 0 aromatic heterocycles. The van der Waals surface area contributed by atoms with Crippen LogP contribution in [0.2, 0.25) is 0 Å². The summed E-state index contributed by atoms with van der Waals surface area (Å²) in [5.74, 6) is -1.75. The van der Waals surface area contributed by atoms with Crippen LogP contribution >= 0.6 is 11.8 Å². The molecule has 0 radical (unpaired) electrons. The van der Waals surface area contributed by atoms with E-state index >= 15 is 0 Å². The van der Waals surface area contributed by atoms with Gasteiger partial charge in [0.15, 0.2) is 0 Å². The van der Waals surface area contributed by atoms with Crippen LogP contribution in [0.1, 0.15) is 33.6 Å². The molecule has 0 aromatic carbocycles. The highest BCUT2D eigenvalue weighted by molar-refractivity contribution is 8.02. The molecule has 4 fully saturated rings. The van der Waals surface area contributed by atoms with Crippen LogP contribution in [0.5, 0.6) is 0 Å². The zero-order valence-electron chi connectivity index (χ0n) is 21.8. The van der Waals surface area contributed by atoms with E-state index in [1.807, 2.05) is 6.92 Å². The summed E-state index contributed by atoms with van der Waals surface area (Å²) < 4.78 is 10.1. The van der Waals surface area contributed by atoms with Gasteiger partial charge in [0.05, 0.1) is 49.1 Å². The number of ether oxygens (including phenoxy) is 2. The number of fused-ring (bicyclic) bond motifs is 1. The fourth-order valence-corrected chi connectivity index (χ4v) is 9.15. The fraction of sp³-hybridized carbons (Fsp3) is 0.808. The Kier molecular flexibility index (Phi) is 8.69. The highest BCUT2D eigenvalue weighted by Gasteiger charge is 2.77. The topological polar surface area (TPSA) is 99.6 Å². The van der Waals surface area contributed by atoms with Gasteiger partial charge in [0.2, 0.25) is 11.8 Å². The molecule has 0 saturated carbocycles. The summed E-state index contributed by atoms with van der Waals surface area (Å²) in [5, 5.41) is 10.2. The lowest BCUT2D eigenvalue weighted by molar-refractivity contribution is -0.154. The molecular formula is C26H41N3O6S. The SMILES string of the molecule is C=CCN(CCN1CCOCC1)C(=O)C1N([C@@H](CC)CO)C(=O)[C@@H]2[C@H](C(=O)OCC)[C@@H]3CC(C)C12S3. The van der Waals surface area contributed by atoms with Crippen molar-refractivity contribution in [2.75, 3.05) is 59.2 Å². The van der Waals surface area contributed by atoms with E-state index in [9.17, 15) is 19.5 Å². The molecule has 7 atom stereocenters. The molecule has 1 spiro atoms. The number of morpholine rings is 1. The summed E-state index contributed by atoms with van der Waals surface area (Å²) in [6.07, 6.45) is 3.01. The Labute approximate surface area is 218 Å². The Morgan fingerprint density at radius 2 is 2.08 bits per heavy atom. The van der Waals surface area contributed by atoms with E-state index in [-0.39, 0.29) is 42.2 Å². The molecule has 10 heteroatoms. The Morgan fingerprint density at radius 1 is 1.36 bits per heavy atom. The van der Waals surface area contributed by atoms with Gasteiger partial charge in [-0.3, -0.25) is 19.3 Å². The molecule has 2 bridgehead atoms. The first-order valence-corrected chi connectivity index (χ1v) is 14.2. The molecular weight excluding hydrogens is 482 g/mol. The van der Waals surface area contributed by atoms with Crippen molar-refractivity contribution in [3.63, 3.8) is 0 Å². The van der Waals surface area contributed by atoms with Crippen LogP contribution in [-0.2, 0) is 23.9 Å². The van der Waals surface area contributed by atoms with Gasteiger partial charge in [-0.2, -0.15) is 0 Å². The quantitative estimate of drug-likeness (QED) is 0.316. The van der Waals surface area contributed by atoms with Crippen LogP contribution in [0.25, 0.3) is 0 Å². The molecule has 4 saturated heterocycles. The Balaban J connectivity index is 1.69. The third-order valence-electron chi connectivity index (χ3n) is 8.50. The number of thioether (sulfide) groups is 1. The van der Waals surface area contributed by atoms with Crippen molar-refractivity contribution in [3.8, 4) is 0 Å². The lowest BCUT2D eigenvalue weighted by Gasteiger charge is -2.42. The number of esters is 1. The number of aliphatic hydroxyl groups excluding tert-OH is 1. The smallest absolute Gasteiger partial charge is 0.310 e. The third-order valence-corrected chi connectivity index (χ3v) is 10.6. The molecule has 202 valence electrons. The van der Waals surface area contributed by atoms with E-state index in [1.54, 1.807) is 34.6 Å². The number of carbonyl (C=O) groups is 3. The van der Waals surface area contributed by atoms with Crippen molar-refractivity contribution in [3.05, 3.63) is 12.7 Å². The summed E-state index contributed by atoms with van der Waals surface area (Å²) in [6, 6.07) is -1.22. The second-order valence-electron chi connectivity index (χ2n) is 10.3. The Morgan fingerprint density at radius 3 is 2.69 bits per heavy atom. The highest BCUT2D eigenvalue weighted by atomic mass is 32.2. The first-order valence-electron chi connectivity index (χ1n) is 13.3. The van der Waals surface area contributed by atoms with E-state index in [0.29, 0.717) is 39.3 Å². The summed E-state index contributed by atoms with van der Waals surface area (Å²) in [7, 11) is 0. The summed E-state index contributed by atoms with van der Waals surface area (Å²) in [5.41, 5.74) is 0. The standard InChI is InChI=1S/C26H41N3O6S/c1-5-8-28(10-9-27-11-13-34-14-12-27)24(32)22-26-17(4)15-19(36-26)20(25(33)35-7-3)21(26)23(31)29(22)18(6-2)16-30/h5,17-22,30H,1,6-16H2,2-4H3/t17?,18-,19-,20+,21-,22?,26?/m0/s1. The second-order valence-corrected chi connectivity index (χ2v) is 11.9. The largest absolute Gasteiger partial charge is 0.466 e. The number of amides is 2. The molecule has 0 aromatic rings. The van der Waals surface area contributed by atoms with Gasteiger partial charge < -0.3 is 24.4 Å². The number of rotatable bonds is 11. The van der Waals surface area contributed by atoms with E-state index < -0.39 is 28.7 Å². The fourth-order valence-electron chi connectivity index (χ4n) is 6.76. The molecule has 2 amide bonds. The molecule has 1 N–H and O–H groups in total. The average Bonchev–Trinajstić information content (AvgIpc) is 3.47. The molecule has 0 aliphatic carbocycles. The van der Waals surface area contributed by atoms with Crippen molar-refractivity contribution >= 4 is 29.5 Å². The van der Waals surface area contributed by atoms with E-state index in [4.69, 9.17) is 9.47 Å². The van der Waals surface area contributed by atoms with Gasteiger partial charge in [-0.1, -0.05) is 19.9 Å². The molecule has 4 heterocycles. The van der Waals surface area contributed by atoms with Crippen LogP contribution in [0.4, 0.5) is 0 Å². The summed E-state index contributed by atoms with van der Waals surface area (Å²) in [6.45, 7) is 14.3. The van der Waals surface area contributed by atoms with Gasteiger partial charge in [0.1, 0.15) is 6.04 Å². The first kappa shape index (κ1) is 27.4. The van der Waals surface area contributed by atoms with Crippen molar-refractivity contribution in [2.24, 2.45) is 17.8 Å². The van der Waals surface area contributed by atoms with E-state index in [0.717, 1.165) is 19.5 Å². The molecule has 4 aliphatic rings. The maximum atomic E-state index is 14.4. The third kappa shape index (κ3) is 4.48. The van der Waals surface area contributed by atoms with E-state index in [1.165, 1.54) is 0 Å². The van der Waals surface area contributed by atoms with Gasteiger partial charge in [-0.05, 0) is 25.7 Å². The molecule has 3 unspecified atom stereocenters. The van der Waals surface area contributed by atoms with Crippen LogP contribution in [0.15, 0.2) is 12.7 Å². The van der Waals surface area contributed by atoms with Crippen LogP contribution in [0, 0.1) is 17.8 Å². The molecule has 4 aliphatic heterocycles. The zero-order chi connectivity index (χ0) is 26.0. The minimum atomic E-state index is -0.735. The zero-order valence-corrected chi connectivity index (χ0v) is 22.6. The number of likely N-dealkylation sites (tertiary alicyclic amines) is 1. The lowest BCUT2D eigenvalue weighted by Crippen LogP contribution is -2.59. The Hall–Kier alpha value is -1.62. The lowest BCUT2D eigenvalue weighted by atomic mass is 9.66. The normalized spacial score (nSPS) is 34.5. The van der Waals surface area contributed by atoms with Gasteiger partial charge in [-0.15, -0.1) is 18.3 Å². The maximum absolute atomic E-state index is 14.4. The Bertz CT molecular complexity index is 848. The van der Waals surface area contributed by atoms with Gasteiger partial charge in [0, 0.05) is 38.0 Å². The predicted octanol–water partition coefficient (Wildman–Crippen LogP) is 1.00. The van der Waals surface area contributed by atoms with Crippen LogP contribution < -0.4 is 0 Å². The number of hydrogen-bond acceptors (Lipinski definition) is 8. The van der Waals surface area contributed by atoms with E-state index in [2.05, 4.69) is 18.4 Å². The second kappa shape index (κ2) is 11.4. The number of hydrogen-bond donors (Lipinski definition) is 1. The van der Waals surface area contributed by atoms with Crippen molar-refractivity contribution in [1.82, 2.24) is 14.7 Å². The molecule has 9 nitrogen and oxygen atoms in total. The van der Waals surface area contributed by atoms with Crippen molar-refractivity contribution in [2.45, 2.75) is 55.7 Å². The maximum Gasteiger partial charge on any atom is 0.310 e. The van der Waals surface area contributed by atoms with Gasteiger partial charge >= 0.3 is 5.97 Å². The minimum absolute atomic E-state index is 0.0409. The number of carbonyl (C=O) groups excluding carboxylic acids is 3. The molecule has 4 rings (SSSR count). The molecule has 36 heavy (non-hydrogen) atoms. The minimum Gasteiger partial charge on any atom is -0.466 e. The summed E-state index contributed by atoms with van der Waals surface area (Å²) in [4.78, 5) is 47.2. The number of nitrogens with zero attached hydrogens (tertiary/aromatic N) is 3. The number of aliphatic hydroxyl groups is 1. The predicted molar refractivity (Wildman–Crippen MR) is 137 cm³/mol. The summed E-state index contributed by atoms with van der Waals surface area (Å²) >= 11 is 1.64. The van der Waals surface area contributed by atoms with Gasteiger partial charge in [-0.25, -0.2) is 0 Å². The average molecular weight is 524 g/mol. The monoisotopic (exact) mass is 523 g/mol. The van der Waals surface area contributed by atoms with Gasteiger partial charge in [0.25, 0.3) is 0 Å². The highest BCUT2D eigenvalue weighted by Crippen LogP contribution is 2.69.